The predicted octanol–water partition coefficient (Wildman–Crippen LogP) is 19.5. The van der Waals surface area contributed by atoms with Gasteiger partial charge in [-0.15, -0.1) is 0 Å². The molecule has 0 spiro atoms. The maximum atomic E-state index is 10.6. The van der Waals surface area contributed by atoms with Gasteiger partial charge in [0.05, 0.1) is 24.7 Å². The molecule has 0 radical (unpaired) electrons. The van der Waals surface area contributed by atoms with E-state index in [-0.39, 0.29) is 0 Å². The lowest BCUT2D eigenvalue weighted by Gasteiger charge is -2.21. The number of rotatable bonds is 47. The predicted molar refractivity (Wildman–Crippen MR) is 355 cm³/mol. The Kier molecular flexibility index (Phi) is 62.0. The van der Waals surface area contributed by atoms with E-state index in [2.05, 4.69) is 0 Å². The number of hydrogen-bond donors (Lipinski definition) is 8. The van der Waals surface area contributed by atoms with Crippen LogP contribution in [0.5, 0.6) is 0 Å². The molecule has 84 heavy (non-hydrogen) atoms. The summed E-state index contributed by atoms with van der Waals surface area (Å²) in [6.07, 6.45) is 79.7. The summed E-state index contributed by atoms with van der Waals surface area (Å²) in [5.41, 5.74) is 21.9. The molecule has 4 aliphatic carbocycles. The zero-order chi connectivity index (χ0) is 61.6. The third-order valence-electron chi connectivity index (χ3n) is 19.1. The number of carbonyl (C=O) groups is 4. The standard InChI is InChI=1S/4C16H33N.C8H10O8/c4*17-15-11-6-4-2-1-3-5-8-12-16-13-9-7-10-14-16;9-5(10)1-3(7(13)14)4(8(15)16)2-6(11)12/h4*16H,1-15,17H2;3-4H,1-2H2,(H,9,10)(H,11,12)(H,13,14)(H,15,16). The number of carboxylic acids is 4. The van der Waals surface area contributed by atoms with Gasteiger partial charge < -0.3 is 43.4 Å². The molecular formula is C72H142N4O8. The molecule has 0 amide bonds. The van der Waals surface area contributed by atoms with Crippen molar-refractivity contribution in [1.29, 1.82) is 0 Å². The summed E-state index contributed by atoms with van der Waals surface area (Å²) in [6, 6.07) is 0. The van der Waals surface area contributed by atoms with Crippen molar-refractivity contribution in [2.45, 2.75) is 372 Å². The fourth-order valence-electron chi connectivity index (χ4n) is 13.6. The van der Waals surface area contributed by atoms with Crippen molar-refractivity contribution in [2.75, 3.05) is 26.2 Å². The van der Waals surface area contributed by atoms with Crippen LogP contribution in [-0.2, 0) is 19.2 Å². The Labute approximate surface area is 518 Å². The van der Waals surface area contributed by atoms with Gasteiger partial charge in [-0.25, -0.2) is 0 Å². The molecule has 4 fully saturated rings. The van der Waals surface area contributed by atoms with Gasteiger partial charge in [-0.3, -0.25) is 19.2 Å². The normalized spacial score (nSPS) is 16.8. The quantitative estimate of drug-likeness (QED) is 0.0265. The van der Waals surface area contributed by atoms with Crippen LogP contribution in [0, 0.1) is 35.5 Å². The highest BCUT2D eigenvalue weighted by Crippen LogP contribution is 2.31. The molecule has 0 aromatic heterocycles. The molecule has 4 saturated carbocycles. The lowest BCUT2D eigenvalue weighted by molar-refractivity contribution is -0.160. The first kappa shape index (κ1) is 81.7. The molecule has 0 heterocycles. The monoisotopic (exact) mass is 1190 g/mol. The van der Waals surface area contributed by atoms with Crippen LogP contribution in [0.2, 0.25) is 0 Å². The van der Waals surface area contributed by atoms with E-state index < -0.39 is 48.6 Å². The number of carboxylic acid groups (broad SMARTS) is 4. The second-order valence-electron chi connectivity index (χ2n) is 26.7. The molecule has 2 unspecified atom stereocenters. The van der Waals surface area contributed by atoms with E-state index >= 15 is 0 Å². The van der Waals surface area contributed by atoms with E-state index in [1.807, 2.05) is 0 Å². The van der Waals surface area contributed by atoms with Crippen LogP contribution in [0.25, 0.3) is 0 Å². The molecule has 0 saturated heterocycles. The minimum Gasteiger partial charge on any atom is -0.481 e. The van der Waals surface area contributed by atoms with Gasteiger partial charge in [-0.05, 0) is 75.5 Å². The molecule has 12 N–H and O–H groups in total. The molecule has 12 nitrogen and oxygen atoms in total. The first-order chi connectivity index (χ1) is 41.0. The van der Waals surface area contributed by atoms with Crippen molar-refractivity contribution in [3.8, 4) is 0 Å². The van der Waals surface area contributed by atoms with E-state index in [4.69, 9.17) is 43.4 Å². The Morgan fingerprint density at radius 1 is 0.250 bits per heavy atom. The minimum atomic E-state index is -1.76. The Bertz CT molecular complexity index is 1240. The number of aliphatic carboxylic acids is 4. The fourth-order valence-corrected chi connectivity index (χ4v) is 13.6. The van der Waals surface area contributed by atoms with E-state index in [1.54, 1.807) is 0 Å². The Hall–Kier alpha value is -2.28. The van der Waals surface area contributed by atoms with Gasteiger partial charge in [0.15, 0.2) is 0 Å². The maximum Gasteiger partial charge on any atom is 0.307 e. The van der Waals surface area contributed by atoms with Crippen molar-refractivity contribution in [1.82, 2.24) is 0 Å². The van der Waals surface area contributed by atoms with Gasteiger partial charge >= 0.3 is 23.9 Å². The summed E-state index contributed by atoms with van der Waals surface area (Å²) >= 11 is 0. The number of hydrogen-bond acceptors (Lipinski definition) is 8. The molecule has 4 aliphatic rings. The molecular weight excluding hydrogens is 1050 g/mol. The lowest BCUT2D eigenvalue weighted by atomic mass is 9.85. The SMILES string of the molecule is NCCCCCCCCCCC1CCCCC1.NCCCCCCCCCCC1CCCCC1.NCCCCCCCCCCC1CCCCC1.NCCCCCCCCCCC1CCCCC1.O=C(O)CC(C(=O)O)C(CC(=O)O)C(=O)O. The molecule has 498 valence electrons. The average Bonchev–Trinajstić information content (AvgIpc) is 3.66. The number of nitrogens with two attached hydrogens (primary N) is 4. The number of unbranched alkanes of at least 4 members (excludes halogenated alkanes) is 28. The highest BCUT2D eigenvalue weighted by Gasteiger charge is 2.37. The summed E-state index contributed by atoms with van der Waals surface area (Å²) < 4.78 is 0. The molecule has 0 aromatic carbocycles. The smallest absolute Gasteiger partial charge is 0.307 e. The van der Waals surface area contributed by atoms with Gasteiger partial charge in [0.2, 0.25) is 0 Å². The topological polar surface area (TPSA) is 253 Å². The molecule has 0 bridgehead atoms. The van der Waals surface area contributed by atoms with Crippen molar-refractivity contribution >= 4 is 23.9 Å². The summed E-state index contributed by atoms with van der Waals surface area (Å²) in [6.45, 7) is 3.51. The zero-order valence-corrected chi connectivity index (χ0v) is 55.0. The average molecular weight is 1190 g/mol. The van der Waals surface area contributed by atoms with Crippen LogP contribution in [0.15, 0.2) is 0 Å². The first-order valence-electron chi connectivity index (χ1n) is 36.7. The second kappa shape index (κ2) is 63.7. The van der Waals surface area contributed by atoms with Crippen molar-refractivity contribution in [3.05, 3.63) is 0 Å². The second-order valence-corrected chi connectivity index (χ2v) is 26.7. The van der Waals surface area contributed by atoms with Gasteiger partial charge in [0, 0.05) is 0 Å². The van der Waals surface area contributed by atoms with Crippen molar-refractivity contribution in [2.24, 2.45) is 58.4 Å². The van der Waals surface area contributed by atoms with Gasteiger partial charge in [0.1, 0.15) is 0 Å². The molecule has 0 aromatic rings. The largest absolute Gasteiger partial charge is 0.481 e. The Morgan fingerprint density at radius 2 is 0.405 bits per heavy atom. The molecule has 2 atom stereocenters. The van der Waals surface area contributed by atoms with Gasteiger partial charge in [-0.1, -0.05) is 334 Å². The zero-order valence-electron chi connectivity index (χ0n) is 55.0. The van der Waals surface area contributed by atoms with Gasteiger partial charge in [0.25, 0.3) is 0 Å². The first-order valence-corrected chi connectivity index (χ1v) is 36.7. The molecule has 12 heteroatoms. The Morgan fingerprint density at radius 3 is 0.548 bits per heavy atom. The molecule has 4 rings (SSSR count). The van der Waals surface area contributed by atoms with E-state index in [9.17, 15) is 19.2 Å². The van der Waals surface area contributed by atoms with Crippen LogP contribution in [0.3, 0.4) is 0 Å². The fraction of sp³-hybridized carbons (Fsp3) is 0.944. The molecule has 0 aliphatic heterocycles. The third-order valence-corrected chi connectivity index (χ3v) is 19.1. The van der Waals surface area contributed by atoms with E-state index in [0.29, 0.717) is 0 Å². The lowest BCUT2D eigenvalue weighted by Crippen LogP contribution is -2.33. The van der Waals surface area contributed by atoms with E-state index in [1.165, 1.54) is 360 Å². The third kappa shape index (κ3) is 56.2. The van der Waals surface area contributed by atoms with Crippen LogP contribution in [-0.4, -0.2) is 70.5 Å². The van der Waals surface area contributed by atoms with Crippen molar-refractivity contribution < 1.29 is 39.6 Å². The van der Waals surface area contributed by atoms with Crippen LogP contribution >= 0.6 is 0 Å². The summed E-state index contributed by atoms with van der Waals surface area (Å²) in [5, 5.41) is 34.1. The van der Waals surface area contributed by atoms with Gasteiger partial charge in [-0.2, -0.15) is 0 Å². The van der Waals surface area contributed by atoms with Crippen molar-refractivity contribution in [3.63, 3.8) is 0 Å². The summed E-state index contributed by atoms with van der Waals surface area (Å²) in [4.78, 5) is 41.9. The van der Waals surface area contributed by atoms with Crippen LogP contribution < -0.4 is 22.9 Å². The highest BCUT2D eigenvalue weighted by molar-refractivity contribution is 5.86. The van der Waals surface area contributed by atoms with Crippen LogP contribution in [0.1, 0.15) is 372 Å². The summed E-state index contributed by atoms with van der Waals surface area (Å²) in [5.74, 6) is -5.43. The maximum absolute atomic E-state index is 10.6. The Balaban J connectivity index is 0.00000103. The highest BCUT2D eigenvalue weighted by atomic mass is 16.4. The minimum absolute atomic E-state index is 0.876. The van der Waals surface area contributed by atoms with Crippen LogP contribution in [0.4, 0.5) is 0 Å². The summed E-state index contributed by atoms with van der Waals surface area (Å²) in [7, 11) is 0. The van der Waals surface area contributed by atoms with E-state index in [0.717, 1.165) is 49.9 Å².